The van der Waals surface area contributed by atoms with Crippen LogP contribution < -0.4 is 15.8 Å². The summed E-state index contributed by atoms with van der Waals surface area (Å²) in [7, 11) is 0. The van der Waals surface area contributed by atoms with Crippen molar-refractivity contribution in [3.05, 3.63) is 24.3 Å². The van der Waals surface area contributed by atoms with Crippen molar-refractivity contribution in [2.45, 2.75) is 26.4 Å². The van der Waals surface area contributed by atoms with Crippen molar-refractivity contribution in [1.82, 2.24) is 0 Å². The Kier molecular flexibility index (Phi) is 9.28. The average Bonchev–Trinajstić information content (AvgIpc) is 2.31. The minimum atomic E-state index is -0.377. The first-order chi connectivity index (χ1) is 8.61. The number of ether oxygens (including phenoxy) is 1. The number of halogens is 2. The zero-order valence-electron chi connectivity index (χ0n) is 11.2. The first-order valence-corrected chi connectivity index (χ1v) is 6.01. The summed E-state index contributed by atoms with van der Waals surface area (Å²) in [6, 6.07) is 7.43. The van der Waals surface area contributed by atoms with Crippen LogP contribution in [0.1, 0.15) is 20.3 Å². The fourth-order valence-corrected chi connectivity index (χ4v) is 1.34. The van der Waals surface area contributed by atoms with Gasteiger partial charge >= 0.3 is 0 Å². The minimum Gasteiger partial charge on any atom is -0.491 e. The maximum absolute atomic E-state index is 11.9. The number of hydrogen-bond acceptors (Lipinski definition) is 2. The second-order valence-corrected chi connectivity index (χ2v) is 4.13. The molecule has 0 spiro atoms. The molecule has 3 N–H and O–H groups in total. The molecule has 6 heteroatoms. The largest absolute Gasteiger partial charge is 0.491 e. The SMILES string of the molecule is CC(C)Oc1ccc(NC(N)=NCCCF)cc1.I. The standard InChI is InChI=1S/C13H20FN3O.HI/c1-10(2)18-12-6-4-11(5-7-12)17-13(15)16-9-3-8-14;/h4-7,10H,3,8-9H2,1-2H3,(H3,15,16,17);1H. The van der Waals surface area contributed by atoms with Crippen molar-refractivity contribution in [1.29, 1.82) is 0 Å². The third-order valence-corrected chi connectivity index (χ3v) is 2.07. The molecule has 0 atom stereocenters. The molecule has 0 aliphatic carbocycles. The molecule has 0 aliphatic rings. The summed E-state index contributed by atoms with van der Waals surface area (Å²) in [6.45, 7) is 3.96. The van der Waals surface area contributed by atoms with E-state index >= 15 is 0 Å². The second kappa shape index (κ2) is 9.82. The normalized spacial score (nSPS) is 11.1. The van der Waals surface area contributed by atoms with Crippen LogP contribution in [0.15, 0.2) is 29.3 Å². The van der Waals surface area contributed by atoms with Crippen molar-refractivity contribution in [2.24, 2.45) is 10.7 Å². The first kappa shape index (κ1) is 17.9. The minimum absolute atomic E-state index is 0. The highest BCUT2D eigenvalue weighted by Crippen LogP contribution is 2.16. The number of nitrogens with one attached hydrogen (secondary N) is 1. The average molecular weight is 381 g/mol. The Balaban J connectivity index is 0.00000324. The third-order valence-electron chi connectivity index (χ3n) is 2.07. The molecule has 0 radical (unpaired) electrons. The van der Waals surface area contributed by atoms with E-state index in [0.717, 1.165) is 11.4 Å². The predicted molar refractivity (Wildman–Crippen MR) is 88.3 cm³/mol. The summed E-state index contributed by atoms with van der Waals surface area (Å²) >= 11 is 0. The van der Waals surface area contributed by atoms with Gasteiger partial charge in [-0.25, -0.2) is 0 Å². The lowest BCUT2D eigenvalue weighted by molar-refractivity contribution is 0.242. The van der Waals surface area contributed by atoms with Crippen LogP contribution in [-0.4, -0.2) is 25.3 Å². The van der Waals surface area contributed by atoms with Gasteiger partial charge in [0.2, 0.25) is 0 Å². The van der Waals surface area contributed by atoms with Gasteiger partial charge in [-0.05, 0) is 44.5 Å². The summed E-state index contributed by atoms with van der Waals surface area (Å²) in [6.07, 6.45) is 0.542. The van der Waals surface area contributed by atoms with Gasteiger partial charge in [-0.3, -0.25) is 9.38 Å². The number of alkyl halides is 1. The van der Waals surface area contributed by atoms with Gasteiger partial charge < -0.3 is 15.8 Å². The number of hydrogen-bond donors (Lipinski definition) is 2. The third kappa shape index (κ3) is 7.86. The van der Waals surface area contributed by atoms with Gasteiger partial charge in [0.05, 0.1) is 12.8 Å². The molecular weight excluding hydrogens is 360 g/mol. The summed E-state index contributed by atoms with van der Waals surface area (Å²) in [4.78, 5) is 3.99. The molecule has 0 unspecified atom stereocenters. The molecule has 0 heterocycles. The number of nitrogens with two attached hydrogens (primary N) is 1. The van der Waals surface area contributed by atoms with E-state index in [4.69, 9.17) is 10.5 Å². The molecule has 0 bridgehead atoms. The Morgan fingerprint density at radius 1 is 1.37 bits per heavy atom. The van der Waals surface area contributed by atoms with Crippen LogP contribution in [0.4, 0.5) is 10.1 Å². The predicted octanol–water partition coefficient (Wildman–Crippen LogP) is 3.18. The van der Waals surface area contributed by atoms with Crippen molar-refractivity contribution >= 4 is 35.6 Å². The van der Waals surface area contributed by atoms with Crippen LogP contribution in [0.5, 0.6) is 5.75 Å². The van der Waals surface area contributed by atoms with E-state index in [1.807, 2.05) is 38.1 Å². The van der Waals surface area contributed by atoms with Crippen molar-refractivity contribution in [3.8, 4) is 5.75 Å². The van der Waals surface area contributed by atoms with E-state index < -0.39 is 0 Å². The molecule has 0 aromatic heterocycles. The van der Waals surface area contributed by atoms with E-state index in [9.17, 15) is 4.39 Å². The van der Waals surface area contributed by atoms with Gasteiger partial charge in [0, 0.05) is 12.2 Å². The summed E-state index contributed by atoms with van der Waals surface area (Å²) < 4.78 is 17.4. The number of rotatable bonds is 6. The Morgan fingerprint density at radius 3 is 2.53 bits per heavy atom. The van der Waals surface area contributed by atoms with Crippen molar-refractivity contribution < 1.29 is 9.13 Å². The highest BCUT2D eigenvalue weighted by molar-refractivity contribution is 14.0. The summed E-state index contributed by atoms with van der Waals surface area (Å²) in [5.41, 5.74) is 6.48. The van der Waals surface area contributed by atoms with Gasteiger partial charge in [0.25, 0.3) is 0 Å². The molecule has 1 aromatic rings. The van der Waals surface area contributed by atoms with Crippen LogP contribution in [-0.2, 0) is 0 Å². The molecular formula is C13H21FIN3O. The van der Waals surface area contributed by atoms with E-state index in [0.29, 0.717) is 18.9 Å². The Hall–Kier alpha value is -1.05. The highest BCUT2D eigenvalue weighted by atomic mass is 127. The Morgan fingerprint density at radius 2 is 2.00 bits per heavy atom. The fraction of sp³-hybridized carbons (Fsp3) is 0.462. The Bertz CT molecular complexity index is 382. The molecule has 0 fully saturated rings. The Labute approximate surface area is 130 Å². The van der Waals surface area contributed by atoms with Gasteiger partial charge in [-0.2, -0.15) is 0 Å². The molecule has 0 saturated carbocycles. The summed E-state index contributed by atoms with van der Waals surface area (Å²) in [5.74, 6) is 1.10. The topological polar surface area (TPSA) is 59.6 Å². The zero-order valence-corrected chi connectivity index (χ0v) is 13.6. The zero-order chi connectivity index (χ0) is 13.4. The number of nitrogens with zero attached hydrogens (tertiary/aromatic N) is 1. The lowest BCUT2D eigenvalue weighted by Gasteiger charge is -2.10. The molecule has 0 amide bonds. The van der Waals surface area contributed by atoms with Gasteiger partial charge in [-0.1, -0.05) is 0 Å². The van der Waals surface area contributed by atoms with E-state index in [1.54, 1.807) is 0 Å². The molecule has 108 valence electrons. The molecule has 19 heavy (non-hydrogen) atoms. The van der Waals surface area contributed by atoms with Gasteiger partial charge in [0.15, 0.2) is 5.96 Å². The van der Waals surface area contributed by atoms with Gasteiger partial charge in [0.1, 0.15) is 5.75 Å². The number of anilines is 1. The van der Waals surface area contributed by atoms with E-state index in [-0.39, 0.29) is 36.8 Å². The number of benzene rings is 1. The van der Waals surface area contributed by atoms with Crippen LogP contribution in [0.3, 0.4) is 0 Å². The summed E-state index contributed by atoms with van der Waals surface area (Å²) in [5, 5.41) is 2.93. The second-order valence-electron chi connectivity index (χ2n) is 4.13. The van der Waals surface area contributed by atoms with Crippen LogP contribution >= 0.6 is 24.0 Å². The first-order valence-electron chi connectivity index (χ1n) is 6.01. The molecule has 0 saturated heterocycles. The number of aliphatic imine (C=N–C) groups is 1. The van der Waals surface area contributed by atoms with Crippen LogP contribution in [0, 0.1) is 0 Å². The molecule has 1 aromatic carbocycles. The van der Waals surface area contributed by atoms with E-state index in [1.165, 1.54) is 0 Å². The molecule has 4 nitrogen and oxygen atoms in total. The van der Waals surface area contributed by atoms with Crippen LogP contribution in [0.25, 0.3) is 0 Å². The molecule has 0 aliphatic heterocycles. The van der Waals surface area contributed by atoms with Gasteiger partial charge in [-0.15, -0.1) is 24.0 Å². The monoisotopic (exact) mass is 381 g/mol. The van der Waals surface area contributed by atoms with Crippen LogP contribution in [0.2, 0.25) is 0 Å². The smallest absolute Gasteiger partial charge is 0.193 e. The van der Waals surface area contributed by atoms with Crippen molar-refractivity contribution in [3.63, 3.8) is 0 Å². The number of guanidine groups is 1. The van der Waals surface area contributed by atoms with E-state index in [2.05, 4.69) is 10.3 Å². The maximum Gasteiger partial charge on any atom is 0.193 e. The quantitative estimate of drug-likeness (QED) is 0.345. The fourth-order valence-electron chi connectivity index (χ4n) is 1.34. The maximum atomic E-state index is 11.9. The highest BCUT2D eigenvalue weighted by Gasteiger charge is 1.99. The molecule has 1 rings (SSSR count). The lowest BCUT2D eigenvalue weighted by Crippen LogP contribution is -2.22. The lowest BCUT2D eigenvalue weighted by atomic mass is 10.3. The van der Waals surface area contributed by atoms with Crippen molar-refractivity contribution in [2.75, 3.05) is 18.5 Å².